The second kappa shape index (κ2) is 13.0. The van der Waals surface area contributed by atoms with Gasteiger partial charge in [-0.1, -0.05) is 47.2 Å². The number of nitrogens with zero attached hydrogens (tertiary/aromatic N) is 2. The number of carbonyl (C=O) groups is 1. The molecule has 1 atom stereocenters. The van der Waals surface area contributed by atoms with Crippen LogP contribution in [0.15, 0.2) is 90.7 Å². The number of allylic oxidation sites excluding steroid dienone is 1. The number of thiazole rings is 1. The van der Waals surface area contributed by atoms with Crippen LogP contribution in [0.1, 0.15) is 29.7 Å². The average molecular weight is 775 g/mol. The van der Waals surface area contributed by atoms with Gasteiger partial charge < -0.3 is 9.47 Å². The first-order valence-corrected chi connectivity index (χ1v) is 15.6. The zero-order chi connectivity index (χ0) is 31.8. The molecule has 0 spiro atoms. The molecule has 3 aromatic carbocycles. The molecule has 0 bridgehead atoms. The maximum absolute atomic E-state index is 14.3. The normalized spacial score (nSPS) is 15.2. The van der Waals surface area contributed by atoms with E-state index in [1.165, 1.54) is 49.4 Å². The van der Waals surface area contributed by atoms with Crippen LogP contribution in [0.25, 0.3) is 6.08 Å². The molecular formula is C30H19Br2ClF4N2O4S. The molecule has 0 aliphatic carbocycles. The van der Waals surface area contributed by atoms with Crippen LogP contribution in [0.3, 0.4) is 0 Å². The van der Waals surface area contributed by atoms with Crippen molar-refractivity contribution in [1.82, 2.24) is 4.57 Å². The fraction of sp³-hybridized carbons (Fsp3) is 0.167. The lowest BCUT2D eigenvalue weighted by Crippen LogP contribution is -2.41. The van der Waals surface area contributed by atoms with Gasteiger partial charge in [-0.25, -0.2) is 14.2 Å². The third-order valence-corrected chi connectivity index (χ3v) is 8.81. The molecule has 0 radical (unpaired) electrons. The van der Waals surface area contributed by atoms with Crippen molar-refractivity contribution >= 4 is 66.8 Å². The summed E-state index contributed by atoms with van der Waals surface area (Å²) < 4.78 is 69.2. The lowest BCUT2D eigenvalue weighted by Gasteiger charge is -2.26. The molecule has 4 aromatic rings. The summed E-state index contributed by atoms with van der Waals surface area (Å²) in [5.74, 6) is -1.15. The summed E-state index contributed by atoms with van der Waals surface area (Å²) in [7, 11) is 0. The molecule has 228 valence electrons. The van der Waals surface area contributed by atoms with Crippen molar-refractivity contribution in [2.75, 3.05) is 6.61 Å². The van der Waals surface area contributed by atoms with Gasteiger partial charge in [0, 0.05) is 5.02 Å². The van der Waals surface area contributed by atoms with E-state index in [-0.39, 0.29) is 33.9 Å². The zero-order valence-electron chi connectivity index (χ0n) is 22.4. The topological polar surface area (TPSA) is 69.9 Å². The highest BCUT2D eigenvalue weighted by Crippen LogP contribution is 2.39. The monoisotopic (exact) mass is 772 g/mol. The van der Waals surface area contributed by atoms with Crippen molar-refractivity contribution in [2.24, 2.45) is 4.99 Å². The summed E-state index contributed by atoms with van der Waals surface area (Å²) in [5.41, 5.74) is -1.40. The molecule has 0 amide bonds. The minimum atomic E-state index is -5.01. The fourth-order valence-corrected chi connectivity index (χ4v) is 7.07. The van der Waals surface area contributed by atoms with Crippen molar-refractivity contribution < 1.29 is 31.8 Å². The number of hydrogen-bond donors (Lipinski definition) is 0. The average Bonchev–Trinajstić information content (AvgIpc) is 3.27. The Balaban J connectivity index is 1.61. The van der Waals surface area contributed by atoms with E-state index in [0.29, 0.717) is 25.3 Å². The number of alkyl halides is 3. The highest BCUT2D eigenvalue weighted by atomic mass is 79.9. The Bertz CT molecular complexity index is 1930. The Morgan fingerprint density at radius 2 is 1.73 bits per heavy atom. The third-order valence-electron chi connectivity index (χ3n) is 6.40. The molecule has 1 aliphatic heterocycles. The van der Waals surface area contributed by atoms with Gasteiger partial charge in [-0.05, 0) is 97.9 Å². The Kier molecular flexibility index (Phi) is 9.49. The summed E-state index contributed by atoms with van der Waals surface area (Å²) in [6.45, 7) is 1.44. The molecule has 0 unspecified atom stereocenters. The lowest BCUT2D eigenvalue weighted by molar-refractivity contribution is -0.140. The van der Waals surface area contributed by atoms with E-state index in [9.17, 15) is 27.2 Å². The molecule has 6 nitrogen and oxygen atoms in total. The van der Waals surface area contributed by atoms with Crippen molar-refractivity contribution in [1.29, 1.82) is 0 Å². The minimum absolute atomic E-state index is 0.0770. The number of halogens is 7. The van der Waals surface area contributed by atoms with Gasteiger partial charge >= 0.3 is 12.1 Å². The van der Waals surface area contributed by atoms with Gasteiger partial charge in [0.25, 0.3) is 5.56 Å². The van der Waals surface area contributed by atoms with E-state index >= 15 is 0 Å². The number of hydrogen-bond acceptors (Lipinski definition) is 6. The smallest absolute Gasteiger partial charge is 0.434 e. The first kappa shape index (κ1) is 32.1. The molecule has 5 rings (SSSR count). The van der Waals surface area contributed by atoms with E-state index in [0.717, 1.165) is 21.5 Å². The summed E-state index contributed by atoms with van der Waals surface area (Å²) in [5, 5.41) is 0.320. The van der Waals surface area contributed by atoms with Gasteiger partial charge in [0.2, 0.25) is 0 Å². The highest BCUT2D eigenvalue weighted by Gasteiger charge is 2.45. The van der Waals surface area contributed by atoms with E-state index < -0.39 is 35.0 Å². The van der Waals surface area contributed by atoms with Crippen molar-refractivity contribution in [3.05, 3.63) is 128 Å². The summed E-state index contributed by atoms with van der Waals surface area (Å²) in [6, 6.07) is 13.5. The molecule has 0 saturated carbocycles. The number of ether oxygens (including phenoxy) is 2. The second-order valence-corrected chi connectivity index (χ2v) is 12.5. The van der Waals surface area contributed by atoms with Gasteiger partial charge in [0.1, 0.15) is 18.2 Å². The van der Waals surface area contributed by atoms with Gasteiger partial charge in [-0.2, -0.15) is 13.2 Å². The SMILES string of the molecule is CCOC(=O)C1=C(C(F)(F)F)N=c2s/c(=C\c3cc(Br)c(OCc4ccc(F)cc4)c(Br)c3)c(=O)n2[C@@H]1c1ccc(Cl)cc1. The number of fused-ring (bicyclic) bond motifs is 1. The van der Waals surface area contributed by atoms with Crippen molar-refractivity contribution in [2.45, 2.75) is 25.7 Å². The summed E-state index contributed by atoms with van der Waals surface area (Å²) in [4.78, 5) is 30.3. The summed E-state index contributed by atoms with van der Waals surface area (Å²) >= 11 is 13.7. The first-order valence-electron chi connectivity index (χ1n) is 12.8. The molecule has 14 heteroatoms. The molecule has 0 N–H and O–H groups in total. The molecule has 0 saturated heterocycles. The van der Waals surface area contributed by atoms with E-state index in [1.54, 1.807) is 24.3 Å². The van der Waals surface area contributed by atoms with E-state index in [2.05, 4.69) is 36.9 Å². The third kappa shape index (κ3) is 6.70. The lowest BCUT2D eigenvalue weighted by atomic mass is 9.95. The standard InChI is InChI=1S/C30H19Br2ClF4N2O4S/c1-2-42-28(41)23-24(17-5-7-18(33)8-6-17)39-27(40)22(44-29(39)38-26(23)30(35,36)37)13-16-11-20(31)25(21(32)12-16)43-14-15-3-9-19(34)10-4-15/h3-13,24H,2,14H2,1H3/b22-13-/t24-/m1/s1. The number of esters is 1. The van der Waals surface area contributed by atoms with Crippen LogP contribution in [0.2, 0.25) is 5.02 Å². The second-order valence-electron chi connectivity index (χ2n) is 9.34. The number of aromatic nitrogens is 1. The Hall–Kier alpha value is -3.26. The van der Waals surface area contributed by atoms with Gasteiger partial charge in [-0.15, -0.1) is 0 Å². The molecule has 0 fully saturated rings. The molecular weight excluding hydrogens is 756 g/mol. The maximum Gasteiger partial charge on any atom is 0.434 e. The van der Waals surface area contributed by atoms with Crippen LogP contribution in [0.5, 0.6) is 5.75 Å². The molecule has 44 heavy (non-hydrogen) atoms. The Labute approximate surface area is 273 Å². The fourth-order valence-electron chi connectivity index (χ4n) is 4.49. The highest BCUT2D eigenvalue weighted by molar-refractivity contribution is 9.11. The Morgan fingerprint density at radius 3 is 2.32 bits per heavy atom. The van der Waals surface area contributed by atoms with Crippen LogP contribution in [-0.4, -0.2) is 23.3 Å². The van der Waals surface area contributed by atoms with Gasteiger partial charge in [0.15, 0.2) is 10.5 Å². The number of carbonyl (C=O) groups excluding carboxylic acids is 1. The first-order chi connectivity index (χ1) is 20.9. The van der Waals surface area contributed by atoms with Crippen molar-refractivity contribution in [3.8, 4) is 5.75 Å². The predicted molar refractivity (Wildman–Crippen MR) is 165 cm³/mol. The van der Waals surface area contributed by atoms with Crippen LogP contribution < -0.4 is 19.6 Å². The maximum atomic E-state index is 14.3. The van der Waals surface area contributed by atoms with E-state index in [4.69, 9.17) is 21.1 Å². The summed E-state index contributed by atoms with van der Waals surface area (Å²) in [6.07, 6.45) is -3.51. The van der Waals surface area contributed by atoms with Crippen LogP contribution in [0.4, 0.5) is 17.6 Å². The number of benzene rings is 3. The van der Waals surface area contributed by atoms with Crippen LogP contribution in [0, 0.1) is 5.82 Å². The molecule has 1 aliphatic rings. The zero-order valence-corrected chi connectivity index (χ0v) is 27.2. The molecule has 2 heterocycles. The van der Waals surface area contributed by atoms with E-state index in [1.807, 2.05) is 0 Å². The largest absolute Gasteiger partial charge is 0.487 e. The quantitative estimate of drug-likeness (QED) is 0.147. The number of rotatable bonds is 7. The van der Waals surface area contributed by atoms with Gasteiger partial charge in [-0.3, -0.25) is 9.36 Å². The predicted octanol–water partition coefficient (Wildman–Crippen LogP) is 7.24. The minimum Gasteiger partial charge on any atom is -0.487 e. The molecule has 1 aromatic heterocycles. The van der Waals surface area contributed by atoms with Crippen LogP contribution in [-0.2, 0) is 16.1 Å². The van der Waals surface area contributed by atoms with Crippen LogP contribution >= 0.6 is 54.8 Å². The van der Waals surface area contributed by atoms with Crippen molar-refractivity contribution in [3.63, 3.8) is 0 Å². The Morgan fingerprint density at radius 1 is 1.09 bits per heavy atom. The van der Waals surface area contributed by atoms with Gasteiger partial charge in [0.05, 0.1) is 31.7 Å².